The summed E-state index contributed by atoms with van der Waals surface area (Å²) in [4.78, 5) is 0.303. The van der Waals surface area contributed by atoms with Crippen molar-refractivity contribution in [2.45, 2.75) is 50.5 Å². The van der Waals surface area contributed by atoms with Gasteiger partial charge in [-0.1, -0.05) is 69.3 Å². The summed E-state index contributed by atoms with van der Waals surface area (Å²) in [5.41, 5.74) is 3.17. The summed E-state index contributed by atoms with van der Waals surface area (Å²) in [5.74, 6) is 0. The average molecular weight is 410 g/mol. The number of hydrogen-bond acceptors (Lipinski definition) is 3. The maximum Gasteiger partial charge on any atom is 0.267 e. The summed E-state index contributed by atoms with van der Waals surface area (Å²) in [6.45, 7) is 7.05. The van der Waals surface area contributed by atoms with Gasteiger partial charge in [-0.25, -0.2) is 8.42 Å². The third-order valence-electron chi connectivity index (χ3n) is 5.26. The van der Waals surface area contributed by atoms with E-state index in [-0.39, 0.29) is 5.41 Å². The lowest BCUT2D eigenvalue weighted by Crippen LogP contribution is -2.36. The number of rotatable bonds is 4. The summed E-state index contributed by atoms with van der Waals surface area (Å²) in [6.07, 6.45) is 3.42. The molecular formula is C23H27N3O2S. The van der Waals surface area contributed by atoms with Gasteiger partial charge in [0.05, 0.1) is 17.9 Å². The Hall–Kier alpha value is -2.60. The molecule has 29 heavy (non-hydrogen) atoms. The third kappa shape index (κ3) is 3.81. The predicted molar refractivity (Wildman–Crippen MR) is 116 cm³/mol. The normalized spacial score (nSPS) is 14.7. The smallest absolute Gasteiger partial charge is 0.267 e. The van der Waals surface area contributed by atoms with Crippen molar-refractivity contribution in [1.29, 1.82) is 0 Å². The first-order chi connectivity index (χ1) is 13.8. The van der Waals surface area contributed by atoms with Gasteiger partial charge >= 0.3 is 0 Å². The molecule has 3 aromatic rings. The van der Waals surface area contributed by atoms with Crippen LogP contribution in [0.5, 0.6) is 0 Å². The molecule has 1 aliphatic rings. The van der Waals surface area contributed by atoms with Crippen molar-refractivity contribution in [3.63, 3.8) is 0 Å². The molecule has 6 heteroatoms. The van der Waals surface area contributed by atoms with E-state index in [9.17, 15) is 8.42 Å². The molecule has 2 heterocycles. The summed E-state index contributed by atoms with van der Waals surface area (Å²) >= 11 is 0. The Kier molecular flexibility index (Phi) is 4.99. The van der Waals surface area contributed by atoms with Crippen molar-refractivity contribution in [2.75, 3.05) is 10.8 Å². The van der Waals surface area contributed by atoms with Crippen molar-refractivity contribution in [3.8, 4) is 0 Å². The number of fused-ring (bicyclic) bond motifs is 1. The van der Waals surface area contributed by atoms with Gasteiger partial charge in [0.2, 0.25) is 0 Å². The number of hydrogen-bond donors (Lipinski definition) is 0. The first-order valence-electron chi connectivity index (χ1n) is 9.99. The molecule has 0 atom stereocenters. The first-order valence-corrected chi connectivity index (χ1v) is 11.4. The molecule has 0 radical (unpaired) electrons. The molecule has 0 N–H and O–H groups in total. The second-order valence-corrected chi connectivity index (χ2v) is 10.4. The average Bonchev–Trinajstić information content (AvgIpc) is 3.13. The molecule has 2 aromatic carbocycles. The molecule has 0 saturated carbocycles. The van der Waals surface area contributed by atoms with E-state index in [1.54, 1.807) is 15.2 Å². The molecule has 1 aromatic heterocycles. The standard InChI is InChI=1S/C23H27N3O2S/c1-23(2,3)22-21(17-25(24-22)16-18-10-5-4-6-11-18)29(27,28)26-15-9-13-19-12-7-8-14-20(19)26/h4-8,10-12,14,17H,9,13,15-16H2,1-3H3. The Morgan fingerprint density at radius 2 is 1.69 bits per heavy atom. The van der Waals surface area contributed by atoms with Crippen LogP contribution in [0.15, 0.2) is 65.7 Å². The maximum absolute atomic E-state index is 13.8. The summed E-state index contributed by atoms with van der Waals surface area (Å²) in [6, 6.07) is 17.7. The van der Waals surface area contributed by atoms with Crippen LogP contribution >= 0.6 is 0 Å². The van der Waals surface area contributed by atoms with Gasteiger partial charge in [-0.05, 0) is 30.0 Å². The van der Waals surface area contributed by atoms with E-state index in [0.29, 0.717) is 23.7 Å². The predicted octanol–water partition coefficient (Wildman–Crippen LogP) is 4.37. The molecule has 0 spiro atoms. The van der Waals surface area contributed by atoms with Crippen LogP contribution in [-0.2, 0) is 28.4 Å². The molecule has 1 aliphatic heterocycles. The van der Waals surface area contributed by atoms with Gasteiger partial charge in [0.25, 0.3) is 10.0 Å². The van der Waals surface area contributed by atoms with E-state index in [1.165, 1.54) is 0 Å². The molecule has 0 amide bonds. The van der Waals surface area contributed by atoms with Crippen LogP contribution in [0.25, 0.3) is 0 Å². The molecule has 0 saturated heterocycles. The van der Waals surface area contributed by atoms with Crippen molar-refractivity contribution in [2.24, 2.45) is 0 Å². The number of nitrogens with zero attached hydrogens (tertiary/aromatic N) is 3. The molecule has 0 fully saturated rings. The zero-order valence-corrected chi connectivity index (χ0v) is 18.0. The quantitative estimate of drug-likeness (QED) is 0.643. The van der Waals surface area contributed by atoms with Gasteiger partial charge in [-0.2, -0.15) is 5.10 Å². The third-order valence-corrected chi connectivity index (χ3v) is 7.08. The van der Waals surface area contributed by atoms with Crippen molar-refractivity contribution < 1.29 is 8.42 Å². The lowest BCUT2D eigenvalue weighted by Gasteiger charge is -2.31. The fraction of sp³-hybridized carbons (Fsp3) is 0.348. The first kappa shape index (κ1) is 19.7. The van der Waals surface area contributed by atoms with Crippen LogP contribution in [0.3, 0.4) is 0 Å². The van der Waals surface area contributed by atoms with E-state index >= 15 is 0 Å². The summed E-state index contributed by atoms with van der Waals surface area (Å²) < 4.78 is 30.8. The molecule has 152 valence electrons. The maximum atomic E-state index is 13.8. The minimum Gasteiger partial charge on any atom is -0.267 e. The Morgan fingerprint density at radius 1 is 1.00 bits per heavy atom. The van der Waals surface area contributed by atoms with Gasteiger partial charge in [0.15, 0.2) is 0 Å². The van der Waals surface area contributed by atoms with Crippen LogP contribution in [0.4, 0.5) is 5.69 Å². The Labute approximate surface area is 173 Å². The number of aromatic nitrogens is 2. The molecular weight excluding hydrogens is 382 g/mol. The van der Waals surface area contributed by atoms with Crippen LogP contribution in [0, 0.1) is 0 Å². The Balaban J connectivity index is 1.79. The fourth-order valence-electron chi connectivity index (χ4n) is 3.83. The van der Waals surface area contributed by atoms with Crippen molar-refractivity contribution in [1.82, 2.24) is 9.78 Å². The largest absolute Gasteiger partial charge is 0.267 e. The van der Waals surface area contributed by atoms with Gasteiger partial charge in [0, 0.05) is 18.2 Å². The van der Waals surface area contributed by atoms with Gasteiger partial charge in [-0.3, -0.25) is 8.99 Å². The molecule has 0 unspecified atom stereocenters. The topological polar surface area (TPSA) is 55.2 Å². The monoisotopic (exact) mass is 409 g/mol. The lowest BCUT2D eigenvalue weighted by atomic mass is 9.92. The van der Waals surface area contributed by atoms with Crippen LogP contribution in [-0.4, -0.2) is 24.7 Å². The number of aryl methyl sites for hydroxylation is 1. The number of anilines is 1. The minimum atomic E-state index is -3.71. The van der Waals surface area contributed by atoms with Gasteiger partial charge in [0.1, 0.15) is 4.90 Å². The highest BCUT2D eigenvalue weighted by atomic mass is 32.2. The lowest BCUT2D eigenvalue weighted by molar-refractivity contribution is 0.532. The molecule has 0 aliphatic carbocycles. The fourth-order valence-corrected chi connectivity index (χ4v) is 5.72. The molecule has 5 nitrogen and oxygen atoms in total. The highest BCUT2D eigenvalue weighted by Gasteiger charge is 2.35. The summed E-state index contributed by atoms with van der Waals surface area (Å²) in [5, 5.41) is 4.70. The van der Waals surface area contributed by atoms with Gasteiger partial charge < -0.3 is 0 Å². The number of sulfonamides is 1. The van der Waals surface area contributed by atoms with E-state index in [4.69, 9.17) is 5.10 Å². The van der Waals surface area contributed by atoms with Crippen LogP contribution in [0.1, 0.15) is 44.0 Å². The number of para-hydroxylation sites is 1. The van der Waals surface area contributed by atoms with E-state index in [0.717, 1.165) is 29.7 Å². The molecule has 4 rings (SSSR count). The van der Waals surface area contributed by atoms with E-state index in [2.05, 4.69) is 0 Å². The second kappa shape index (κ2) is 7.34. The Morgan fingerprint density at radius 3 is 2.41 bits per heavy atom. The SMILES string of the molecule is CC(C)(C)c1nn(Cc2ccccc2)cc1S(=O)(=O)N1CCCc2ccccc21. The van der Waals surface area contributed by atoms with Crippen molar-refractivity contribution in [3.05, 3.63) is 77.6 Å². The number of benzene rings is 2. The Bertz CT molecular complexity index is 1110. The second-order valence-electron chi connectivity index (χ2n) is 8.58. The van der Waals surface area contributed by atoms with Gasteiger partial charge in [-0.15, -0.1) is 0 Å². The molecule has 0 bridgehead atoms. The van der Waals surface area contributed by atoms with E-state index < -0.39 is 10.0 Å². The summed E-state index contributed by atoms with van der Waals surface area (Å²) in [7, 11) is -3.71. The van der Waals surface area contributed by atoms with E-state index in [1.807, 2.05) is 75.4 Å². The van der Waals surface area contributed by atoms with Crippen molar-refractivity contribution >= 4 is 15.7 Å². The highest BCUT2D eigenvalue weighted by molar-refractivity contribution is 7.92. The zero-order valence-electron chi connectivity index (χ0n) is 17.2. The van der Waals surface area contributed by atoms with Crippen LogP contribution < -0.4 is 4.31 Å². The highest BCUT2D eigenvalue weighted by Crippen LogP contribution is 2.35. The minimum absolute atomic E-state index is 0.303. The zero-order chi connectivity index (χ0) is 20.6. The van der Waals surface area contributed by atoms with Crippen LogP contribution in [0.2, 0.25) is 0 Å².